The number of aliphatic hydroxyl groups excluding tert-OH is 10. The molecule has 0 amide bonds. The van der Waals surface area contributed by atoms with Crippen molar-refractivity contribution in [2.75, 3.05) is 20.3 Å². The summed E-state index contributed by atoms with van der Waals surface area (Å²) >= 11 is 0. The normalized spacial score (nSPS) is 51.3. The molecule has 10 N–H and O–H groups in total. The molecule has 3 aliphatic heterocycles. The van der Waals surface area contributed by atoms with Crippen molar-refractivity contribution in [1.29, 1.82) is 0 Å². The zero-order valence-electron chi connectivity index (χ0n) is 19.3. The van der Waals surface area contributed by atoms with Gasteiger partial charge in [-0.3, -0.25) is 0 Å². The van der Waals surface area contributed by atoms with Gasteiger partial charge in [-0.15, -0.1) is 0 Å². The maximum absolute atomic E-state index is 11.0. The minimum Gasteiger partial charge on any atom is -0.394 e. The molecule has 3 rings (SSSR count). The first kappa shape index (κ1) is 29.0. The van der Waals surface area contributed by atoms with Crippen LogP contribution >= 0.6 is 0 Å². The summed E-state index contributed by atoms with van der Waals surface area (Å²) in [7, 11) is 1.28. The third kappa shape index (κ3) is 5.97. The first-order valence-corrected chi connectivity index (χ1v) is 11.7. The van der Waals surface area contributed by atoms with Crippen molar-refractivity contribution >= 4 is 0 Å². The number of hydrogen-bond donors (Lipinski definition) is 10. The minimum absolute atomic E-state index is 0.0441. The minimum atomic E-state index is -1.61. The van der Waals surface area contributed by atoms with E-state index in [2.05, 4.69) is 0 Å². The van der Waals surface area contributed by atoms with E-state index in [0.717, 1.165) is 0 Å². The van der Waals surface area contributed by atoms with Gasteiger partial charge in [-0.2, -0.15) is 0 Å². The molecule has 206 valence electrons. The monoisotopic (exact) mass is 514 g/mol. The maximum Gasteiger partial charge on any atom is 0.183 e. The van der Waals surface area contributed by atoms with Crippen LogP contribution in [0, 0.1) is 5.92 Å². The Balaban J connectivity index is 1.69. The summed E-state index contributed by atoms with van der Waals surface area (Å²) in [5.41, 5.74) is 0. The van der Waals surface area contributed by atoms with Gasteiger partial charge in [0, 0.05) is 13.0 Å². The van der Waals surface area contributed by atoms with Crippen LogP contribution in [0.1, 0.15) is 19.3 Å². The highest BCUT2D eigenvalue weighted by Gasteiger charge is 2.50. The lowest BCUT2D eigenvalue weighted by Crippen LogP contribution is -2.61. The fourth-order valence-electron chi connectivity index (χ4n) is 5.11. The fraction of sp³-hybridized carbons (Fsp3) is 1.00. The molecule has 0 aromatic rings. The van der Waals surface area contributed by atoms with Crippen molar-refractivity contribution in [2.24, 2.45) is 5.92 Å². The SMILES string of the molecule is CO[C@H]1O[C@H](CC[C@H]2O[C@H](CO)[C@@H](O)[C@H](O)[C@@H]2O)[C@@H](O)[C@H](C[C@H]2O[C@H](CO)[C@@H](O)[C@H](O)[C@@H]2O)[C@@H]1O. The van der Waals surface area contributed by atoms with E-state index in [1.807, 2.05) is 0 Å². The smallest absolute Gasteiger partial charge is 0.183 e. The van der Waals surface area contributed by atoms with Gasteiger partial charge in [-0.25, -0.2) is 0 Å². The zero-order chi connectivity index (χ0) is 26.0. The molecule has 3 aliphatic rings. The van der Waals surface area contributed by atoms with Crippen molar-refractivity contribution in [3.8, 4) is 0 Å². The lowest BCUT2D eigenvalue weighted by atomic mass is 9.80. The summed E-state index contributed by atoms with van der Waals surface area (Å²) in [5.74, 6) is -0.977. The van der Waals surface area contributed by atoms with Crippen LogP contribution in [0.25, 0.3) is 0 Å². The molecular formula is C21H38O14. The Morgan fingerprint density at radius 2 is 0.943 bits per heavy atom. The van der Waals surface area contributed by atoms with E-state index >= 15 is 0 Å². The predicted molar refractivity (Wildman–Crippen MR) is 113 cm³/mol. The molecule has 0 aliphatic carbocycles. The van der Waals surface area contributed by atoms with E-state index in [4.69, 9.17) is 18.9 Å². The van der Waals surface area contributed by atoms with Crippen molar-refractivity contribution in [3.05, 3.63) is 0 Å². The van der Waals surface area contributed by atoms with Crippen LogP contribution in [0.3, 0.4) is 0 Å². The second-order valence-electron chi connectivity index (χ2n) is 9.47. The Morgan fingerprint density at radius 3 is 1.43 bits per heavy atom. The molecule has 15 atom stereocenters. The van der Waals surface area contributed by atoms with Crippen LogP contribution in [-0.2, 0) is 18.9 Å². The van der Waals surface area contributed by atoms with Gasteiger partial charge in [-0.1, -0.05) is 0 Å². The van der Waals surface area contributed by atoms with Crippen LogP contribution < -0.4 is 0 Å². The molecule has 0 spiro atoms. The average Bonchev–Trinajstić information content (AvgIpc) is 2.85. The highest BCUT2D eigenvalue weighted by molar-refractivity contribution is 4.98. The molecule has 3 saturated heterocycles. The summed E-state index contributed by atoms with van der Waals surface area (Å²) in [4.78, 5) is 0. The van der Waals surface area contributed by atoms with Crippen LogP contribution in [0.5, 0.6) is 0 Å². The van der Waals surface area contributed by atoms with E-state index in [-0.39, 0.29) is 19.3 Å². The Morgan fingerprint density at radius 1 is 0.514 bits per heavy atom. The van der Waals surface area contributed by atoms with Gasteiger partial charge < -0.3 is 70.0 Å². The first-order chi connectivity index (χ1) is 16.5. The van der Waals surface area contributed by atoms with Gasteiger partial charge in [0.15, 0.2) is 6.29 Å². The molecular weight excluding hydrogens is 476 g/mol. The molecule has 0 saturated carbocycles. The Kier molecular flexibility index (Phi) is 10.2. The molecule has 14 nitrogen and oxygen atoms in total. The lowest BCUT2D eigenvalue weighted by Gasteiger charge is -2.46. The highest BCUT2D eigenvalue weighted by atomic mass is 16.7. The van der Waals surface area contributed by atoms with Crippen molar-refractivity contribution < 1.29 is 70.0 Å². The number of hydrogen-bond acceptors (Lipinski definition) is 14. The van der Waals surface area contributed by atoms with Gasteiger partial charge in [0.25, 0.3) is 0 Å². The molecule has 0 radical (unpaired) electrons. The topological polar surface area (TPSA) is 239 Å². The highest BCUT2D eigenvalue weighted by Crippen LogP contribution is 2.36. The Bertz CT molecular complexity index is 652. The molecule has 0 aromatic heterocycles. The van der Waals surface area contributed by atoms with Gasteiger partial charge in [0.2, 0.25) is 0 Å². The van der Waals surface area contributed by atoms with Gasteiger partial charge in [-0.05, 0) is 19.3 Å². The second-order valence-corrected chi connectivity index (χ2v) is 9.47. The molecule has 3 heterocycles. The van der Waals surface area contributed by atoms with E-state index in [1.54, 1.807) is 0 Å². The summed E-state index contributed by atoms with van der Waals surface area (Å²) in [6.45, 7) is -1.20. The predicted octanol–water partition coefficient (Wildman–Crippen LogP) is -5.45. The fourth-order valence-corrected chi connectivity index (χ4v) is 5.11. The van der Waals surface area contributed by atoms with Crippen molar-refractivity contribution in [2.45, 2.75) is 105 Å². The number of ether oxygens (including phenoxy) is 4. The quantitative estimate of drug-likeness (QED) is 0.145. The van der Waals surface area contributed by atoms with Crippen LogP contribution in [0.15, 0.2) is 0 Å². The summed E-state index contributed by atoms with van der Waals surface area (Å²) in [5, 5.41) is 101. The molecule has 14 heteroatoms. The van der Waals surface area contributed by atoms with Crippen LogP contribution in [0.2, 0.25) is 0 Å². The number of methoxy groups -OCH3 is 1. The molecule has 0 unspecified atom stereocenters. The van der Waals surface area contributed by atoms with Crippen LogP contribution in [0.4, 0.5) is 0 Å². The molecule has 3 fully saturated rings. The summed E-state index contributed by atoms with van der Waals surface area (Å²) in [6, 6.07) is 0. The maximum atomic E-state index is 11.0. The number of aliphatic hydroxyl groups is 10. The largest absolute Gasteiger partial charge is 0.394 e. The molecule has 0 bridgehead atoms. The Hall–Kier alpha value is -0.560. The molecule has 0 aromatic carbocycles. The van der Waals surface area contributed by atoms with Gasteiger partial charge in [0.05, 0.1) is 37.6 Å². The third-order valence-corrected chi connectivity index (χ3v) is 7.30. The second kappa shape index (κ2) is 12.3. The standard InChI is InChI=1S/C21H38O14/c1-32-21-14(25)7(4-10-16(27)20(31)18(29)12(6-23)34-10)13(24)8(35-21)2-3-9-15(26)19(30)17(28)11(5-22)33-9/h7-31H,2-6H2,1H3/t7-,8+,9+,10+,11+,12+,13-,14-,15+,16+,17+,18+,19+,20+,21-/m0/s1. The first-order valence-electron chi connectivity index (χ1n) is 11.7. The van der Waals surface area contributed by atoms with E-state index in [0.29, 0.717) is 0 Å². The number of rotatable bonds is 8. The third-order valence-electron chi connectivity index (χ3n) is 7.30. The summed E-state index contributed by atoms with van der Waals surface area (Å²) < 4.78 is 21.8. The van der Waals surface area contributed by atoms with Crippen molar-refractivity contribution in [3.63, 3.8) is 0 Å². The van der Waals surface area contributed by atoms with E-state index in [9.17, 15) is 51.1 Å². The van der Waals surface area contributed by atoms with Crippen LogP contribution in [-0.4, -0.2) is 157 Å². The van der Waals surface area contributed by atoms with E-state index in [1.165, 1.54) is 7.11 Å². The van der Waals surface area contributed by atoms with Crippen molar-refractivity contribution in [1.82, 2.24) is 0 Å². The average molecular weight is 515 g/mol. The Labute approximate surface area is 201 Å². The summed E-state index contributed by atoms with van der Waals surface area (Å²) in [6.07, 6.45) is -18.4. The lowest BCUT2D eigenvalue weighted by molar-refractivity contribution is -0.292. The zero-order valence-corrected chi connectivity index (χ0v) is 19.3. The van der Waals surface area contributed by atoms with Gasteiger partial charge in [0.1, 0.15) is 54.9 Å². The van der Waals surface area contributed by atoms with Gasteiger partial charge >= 0.3 is 0 Å². The molecule has 35 heavy (non-hydrogen) atoms. The van der Waals surface area contributed by atoms with E-state index < -0.39 is 105 Å².